The zero-order valence-electron chi connectivity index (χ0n) is 10.2. The lowest BCUT2D eigenvalue weighted by atomic mass is 10.2. The molecule has 2 heterocycles. The molecule has 1 aliphatic heterocycles. The van der Waals surface area contributed by atoms with Gasteiger partial charge in [0.25, 0.3) is 0 Å². The van der Waals surface area contributed by atoms with Crippen molar-refractivity contribution in [2.75, 3.05) is 13.1 Å². The summed E-state index contributed by atoms with van der Waals surface area (Å²) in [5.74, 6) is 0. The summed E-state index contributed by atoms with van der Waals surface area (Å²) in [4.78, 5) is 2.62. The molecular weight excluding hydrogens is 264 g/mol. The number of hydrogen-bond donors (Lipinski definition) is 0. The maximum Gasteiger partial charge on any atom is 0.0846 e. The fourth-order valence-corrected chi connectivity index (χ4v) is 2.93. The van der Waals surface area contributed by atoms with Gasteiger partial charge < -0.3 is 4.57 Å². The summed E-state index contributed by atoms with van der Waals surface area (Å²) < 4.78 is 3.42. The van der Waals surface area contributed by atoms with Gasteiger partial charge in [0.05, 0.1) is 4.60 Å². The van der Waals surface area contributed by atoms with Gasteiger partial charge in [0, 0.05) is 18.8 Å². The maximum absolute atomic E-state index is 3.57. The Morgan fingerprint density at radius 3 is 2.25 bits per heavy atom. The predicted octanol–water partition coefficient (Wildman–Crippen LogP) is 3.72. The fraction of sp³-hybridized carbons (Fsp3) is 0.692. The van der Waals surface area contributed by atoms with E-state index in [0.29, 0.717) is 6.04 Å². The summed E-state index contributed by atoms with van der Waals surface area (Å²) in [6.45, 7) is 4.83. The highest BCUT2D eigenvalue weighted by molar-refractivity contribution is 9.10. The molecule has 1 fully saturated rings. The van der Waals surface area contributed by atoms with E-state index >= 15 is 0 Å². The Morgan fingerprint density at radius 1 is 1.12 bits per heavy atom. The number of rotatable bonds is 2. The first-order valence-corrected chi connectivity index (χ1v) is 7.04. The molecule has 1 saturated heterocycles. The van der Waals surface area contributed by atoms with Crippen LogP contribution in [-0.4, -0.2) is 22.6 Å². The van der Waals surface area contributed by atoms with Gasteiger partial charge in [0.15, 0.2) is 0 Å². The fourth-order valence-electron chi connectivity index (χ4n) is 2.59. The van der Waals surface area contributed by atoms with Crippen LogP contribution in [0.5, 0.6) is 0 Å². The summed E-state index contributed by atoms with van der Waals surface area (Å²) in [6.07, 6.45) is 5.52. The molecule has 0 amide bonds. The third kappa shape index (κ3) is 2.51. The average molecular weight is 285 g/mol. The molecule has 16 heavy (non-hydrogen) atoms. The van der Waals surface area contributed by atoms with Gasteiger partial charge in [-0.25, -0.2) is 0 Å². The van der Waals surface area contributed by atoms with E-state index in [0.717, 1.165) is 0 Å². The first-order valence-electron chi connectivity index (χ1n) is 6.25. The Morgan fingerprint density at radius 2 is 1.75 bits per heavy atom. The van der Waals surface area contributed by atoms with Gasteiger partial charge >= 0.3 is 0 Å². The minimum Gasteiger partial charge on any atom is -0.341 e. The lowest BCUT2D eigenvalue weighted by Crippen LogP contribution is -2.29. The van der Waals surface area contributed by atoms with Gasteiger partial charge in [0.2, 0.25) is 0 Å². The summed E-state index contributed by atoms with van der Waals surface area (Å²) in [6, 6.07) is 4.91. The normalized spacial score (nSPS) is 20.7. The quantitative estimate of drug-likeness (QED) is 0.804. The Balaban J connectivity index is 2.11. The summed E-state index contributed by atoms with van der Waals surface area (Å²) in [7, 11) is 2.13. The van der Waals surface area contributed by atoms with Crippen molar-refractivity contribution in [1.82, 2.24) is 9.47 Å². The van der Waals surface area contributed by atoms with Crippen LogP contribution in [0, 0.1) is 0 Å². The van der Waals surface area contributed by atoms with Crippen molar-refractivity contribution in [2.45, 2.75) is 38.6 Å². The molecule has 1 aliphatic rings. The molecule has 0 N–H and O–H groups in total. The van der Waals surface area contributed by atoms with E-state index in [1.165, 1.54) is 49.1 Å². The van der Waals surface area contributed by atoms with Crippen molar-refractivity contribution < 1.29 is 0 Å². The van der Waals surface area contributed by atoms with Crippen LogP contribution in [-0.2, 0) is 7.05 Å². The minimum atomic E-state index is 0.536. The molecule has 0 aromatic carbocycles. The van der Waals surface area contributed by atoms with E-state index in [9.17, 15) is 0 Å². The number of halogens is 1. The second-order valence-corrected chi connectivity index (χ2v) is 5.58. The van der Waals surface area contributed by atoms with E-state index in [4.69, 9.17) is 0 Å². The van der Waals surface area contributed by atoms with Crippen molar-refractivity contribution in [3.63, 3.8) is 0 Å². The number of aromatic nitrogens is 1. The summed E-state index contributed by atoms with van der Waals surface area (Å²) in [5.41, 5.74) is 1.41. The number of likely N-dealkylation sites (tertiary alicyclic amines) is 1. The van der Waals surface area contributed by atoms with Crippen molar-refractivity contribution >= 4 is 15.9 Å². The molecule has 1 atom stereocenters. The second-order valence-electron chi connectivity index (χ2n) is 4.77. The molecule has 1 aromatic heterocycles. The van der Waals surface area contributed by atoms with Gasteiger partial charge in [-0.15, -0.1) is 0 Å². The predicted molar refractivity (Wildman–Crippen MR) is 71.6 cm³/mol. The van der Waals surface area contributed by atoms with Crippen LogP contribution in [0.1, 0.15) is 44.3 Å². The van der Waals surface area contributed by atoms with Crippen LogP contribution in [0.15, 0.2) is 16.7 Å². The van der Waals surface area contributed by atoms with Gasteiger partial charge in [-0.1, -0.05) is 12.8 Å². The van der Waals surface area contributed by atoms with E-state index in [1.807, 2.05) is 0 Å². The van der Waals surface area contributed by atoms with Crippen molar-refractivity contribution in [3.05, 3.63) is 22.4 Å². The lowest BCUT2D eigenvalue weighted by Gasteiger charge is -2.28. The van der Waals surface area contributed by atoms with Crippen LogP contribution in [0.2, 0.25) is 0 Å². The van der Waals surface area contributed by atoms with E-state index in [1.54, 1.807) is 0 Å². The van der Waals surface area contributed by atoms with Crippen molar-refractivity contribution in [1.29, 1.82) is 0 Å². The van der Waals surface area contributed by atoms with Crippen LogP contribution >= 0.6 is 15.9 Å². The van der Waals surface area contributed by atoms with Crippen LogP contribution < -0.4 is 0 Å². The molecular formula is C13H21BrN2. The van der Waals surface area contributed by atoms with Crippen molar-refractivity contribution in [3.8, 4) is 0 Å². The molecule has 0 spiro atoms. The summed E-state index contributed by atoms with van der Waals surface area (Å²) in [5, 5.41) is 0. The molecule has 1 aromatic rings. The third-order valence-electron chi connectivity index (χ3n) is 3.72. The minimum absolute atomic E-state index is 0.536. The van der Waals surface area contributed by atoms with Crippen LogP contribution in [0.4, 0.5) is 0 Å². The zero-order valence-corrected chi connectivity index (χ0v) is 11.8. The highest BCUT2D eigenvalue weighted by Crippen LogP contribution is 2.26. The van der Waals surface area contributed by atoms with Gasteiger partial charge in [-0.3, -0.25) is 4.90 Å². The first kappa shape index (κ1) is 12.2. The number of hydrogen-bond acceptors (Lipinski definition) is 1. The lowest BCUT2D eigenvalue weighted by molar-refractivity contribution is 0.212. The van der Waals surface area contributed by atoms with Crippen molar-refractivity contribution in [2.24, 2.45) is 7.05 Å². The molecule has 0 saturated carbocycles. The van der Waals surface area contributed by atoms with E-state index < -0.39 is 0 Å². The monoisotopic (exact) mass is 284 g/mol. The Hall–Kier alpha value is -0.280. The Kier molecular flexibility index (Phi) is 4.09. The highest BCUT2D eigenvalue weighted by atomic mass is 79.9. The maximum atomic E-state index is 3.57. The second kappa shape index (κ2) is 5.37. The molecule has 0 bridgehead atoms. The highest BCUT2D eigenvalue weighted by Gasteiger charge is 2.19. The molecule has 0 radical (unpaired) electrons. The Bertz CT molecular complexity index is 338. The van der Waals surface area contributed by atoms with Gasteiger partial charge in [-0.2, -0.15) is 0 Å². The Labute approximate surface area is 107 Å². The molecule has 90 valence electrons. The third-order valence-corrected chi connectivity index (χ3v) is 4.51. The standard InChI is InChI=1S/C13H21BrN2/c1-11(12-7-8-13(14)15(12)2)16-9-5-3-4-6-10-16/h7-8,11H,3-6,9-10H2,1-2H3. The van der Waals surface area contributed by atoms with Gasteiger partial charge in [0.1, 0.15) is 0 Å². The topological polar surface area (TPSA) is 8.17 Å². The van der Waals surface area contributed by atoms with E-state index in [-0.39, 0.29) is 0 Å². The average Bonchev–Trinajstić information content (AvgIpc) is 2.53. The van der Waals surface area contributed by atoms with Crippen LogP contribution in [0.25, 0.3) is 0 Å². The largest absolute Gasteiger partial charge is 0.341 e. The molecule has 2 nitrogen and oxygen atoms in total. The number of nitrogens with zero attached hydrogens (tertiary/aromatic N) is 2. The molecule has 1 unspecified atom stereocenters. The first-order chi connectivity index (χ1) is 7.70. The van der Waals surface area contributed by atoms with Crippen LogP contribution in [0.3, 0.4) is 0 Å². The SMILES string of the molecule is CC(c1ccc(Br)n1C)N1CCCCCC1. The summed E-state index contributed by atoms with van der Waals surface area (Å²) >= 11 is 3.57. The smallest absolute Gasteiger partial charge is 0.0846 e. The zero-order chi connectivity index (χ0) is 11.5. The van der Waals surface area contributed by atoms with Gasteiger partial charge in [-0.05, 0) is 60.9 Å². The molecule has 2 rings (SSSR count). The molecule has 3 heteroatoms. The molecule has 0 aliphatic carbocycles. The van der Waals surface area contributed by atoms with E-state index in [2.05, 4.69) is 51.5 Å².